The minimum Gasteiger partial charge on any atom is -0.334 e. The Hall–Kier alpha value is -5.22. The van der Waals surface area contributed by atoms with Gasteiger partial charge >= 0.3 is 0 Å². The maximum absolute atomic E-state index is 2.92. The number of aryl methyl sites for hydroxylation is 1. The molecule has 0 saturated heterocycles. The van der Waals surface area contributed by atoms with Crippen LogP contribution in [-0.4, -0.2) is 12.3 Å². The average molecular weight is 868 g/mol. The highest BCUT2D eigenvalue weighted by Gasteiger charge is 2.64. The Balaban J connectivity index is 1.26. The lowest BCUT2D eigenvalue weighted by Crippen LogP contribution is -2.64. The lowest BCUT2D eigenvalue weighted by Gasteiger charge is -2.54. The van der Waals surface area contributed by atoms with Crippen LogP contribution in [0.1, 0.15) is 161 Å². The monoisotopic (exact) mass is 868 g/mol. The number of para-hydroxylation sites is 1. The molecule has 0 radical (unpaired) electrons. The summed E-state index contributed by atoms with van der Waals surface area (Å²) in [5, 5.41) is 0. The molecule has 336 valence electrons. The first-order chi connectivity index (χ1) is 31.1. The third-order valence-corrected chi connectivity index (χ3v) is 18.7. The SMILES string of the molecule is CC(C)(C)c1cccc(N2c3cc(C(C)(C)C)ccc3B3c4cc(C(C)(C)C)cc5c4N(c4cc(N6c7ccccc7C7(C)CCCCC67C)cc2c43)C2(C)c3ccccc3CCC52C)c1. The Morgan fingerprint density at radius 1 is 0.470 bits per heavy atom. The fourth-order valence-electron chi connectivity index (χ4n) is 14.4. The van der Waals surface area contributed by atoms with Gasteiger partial charge in [0.1, 0.15) is 0 Å². The molecular weight excluding hydrogens is 798 g/mol. The Labute approximate surface area is 396 Å². The quantitative estimate of drug-likeness (QED) is 0.160. The van der Waals surface area contributed by atoms with Crippen molar-refractivity contribution < 1.29 is 0 Å². The van der Waals surface area contributed by atoms with Crippen molar-refractivity contribution in [1.82, 2.24) is 0 Å². The first-order valence-electron chi connectivity index (χ1n) is 25.3. The highest BCUT2D eigenvalue weighted by molar-refractivity contribution is 7.00. The summed E-state index contributed by atoms with van der Waals surface area (Å²) in [6, 6.07) is 46.6. The molecular formula is C62H70BN3. The first-order valence-corrected chi connectivity index (χ1v) is 25.3. The van der Waals surface area contributed by atoms with E-state index in [1.807, 2.05) is 0 Å². The summed E-state index contributed by atoms with van der Waals surface area (Å²) in [7, 11) is 0. The largest absolute Gasteiger partial charge is 0.334 e. The van der Waals surface area contributed by atoms with E-state index in [1.165, 1.54) is 114 Å². The van der Waals surface area contributed by atoms with E-state index >= 15 is 0 Å². The molecule has 0 bridgehead atoms. The van der Waals surface area contributed by atoms with Crippen LogP contribution in [0.3, 0.4) is 0 Å². The van der Waals surface area contributed by atoms with Crippen molar-refractivity contribution >= 4 is 62.9 Å². The Morgan fingerprint density at radius 2 is 1.14 bits per heavy atom. The zero-order valence-corrected chi connectivity index (χ0v) is 42.1. The molecule has 66 heavy (non-hydrogen) atoms. The zero-order valence-electron chi connectivity index (χ0n) is 42.1. The maximum Gasteiger partial charge on any atom is 0.252 e. The van der Waals surface area contributed by atoms with Crippen molar-refractivity contribution in [1.29, 1.82) is 0 Å². The molecule has 0 aromatic heterocycles. The van der Waals surface area contributed by atoms with Gasteiger partial charge in [0, 0.05) is 50.6 Å². The molecule has 1 fully saturated rings. The summed E-state index contributed by atoms with van der Waals surface area (Å²) in [6.07, 6.45) is 7.09. The molecule has 4 heterocycles. The van der Waals surface area contributed by atoms with E-state index in [-0.39, 0.29) is 44.9 Å². The van der Waals surface area contributed by atoms with Crippen LogP contribution in [0.25, 0.3) is 0 Å². The molecule has 6 aliphatic rings. The zero-order chi connectivity index (χ0) is 46.3. The van der Waals surface area contributed by atoms with Crippen molar-refractivity contribution in [3.63, 3.8) is 0 Å². The van der Waals surface area contributed by atoms with E-state index in [0.29, 0.717) is 0 Å². The molecule has 4 atom stereocenters. The van der Waals surface area contributed by atoms with E-state index in [2.05, 4.69) is 220 Å². The van der Waals surface area contributed by atoms with E-state index in [9.17, 15) is 0 Å². The van der Waals surface area contributed by atoms with Crippen LogP contribution < -0.4 is 31.1 Å². The van der Waals surface area contributed by atoms with Gasteiger partial charge in [-0.2, -0.15) is 0 Å². The van der Waals surface area contributed by atoms with Crippen molar-refractivity contribution in [2.45, 2.75) is 167 Å². The lowest BCUT2D eigenvalue weighted by atomic mass is 9.33. The number of nitrogens with zero attached hydrogens (tertiary/aromatic N) is 3. The van der Waals surface area contributed by atoms with Gasteiger partial charge in [-0.05, 0) is 148 Å². The van der Waals surface area contributed by atoms with Gasteiger partial charge < -0.3 is 14.7 Å². The number of anilines is 7. The second-order valence-electron chi connectivity index (χ2n) is 25.3. The smallest absolute Gasteiger partial charge is 0.252 e. The predicted octanol–water partition coefficient (Wildman–Crippen LogP) is 14.2. The van der Waals surface area contributed by atoms with Crippen LogP contribution in [0.2, 0.25) is 0 Å². The minimum atomic E-state index is -0.327. The number of hydrogen-bond acceptors (Lipinski definition) is 3. The van der Waals surface area contributed by atoms with Crippen molar-refractivity contribution in [3.05, 3.63) is 154 Å². The fourth-order valence-corrected chi connectivity index (χ4v) is 14.4. The summed E-state index contributed by atoms with van der Waals surface area (Å²) in [6.45, 7) is 31.9. The van der Waals surface area contributed by atoms with Crippen molar-refractivity contribution in [2.24, 2.45) is 0 Å². The third-order valence-electron chi connectivity index (χ3n) is 18.7. The molecule has 12 rings (SSSR count). The Morgan fingerprint density at radius 3 is 1.88 bits per heavy atom. The van der Waals surface area contributed by atoms with Crippen LogP contribution in [0.4, 0.5) is 39.8 Å². The number of rotatable bonds is 2. The van der Waals surface area contributed by atoms with Gasteiger partial charge in [0.05, 0.1) is 11.1 Å². The molecule has 4 unspecified atom stereocenters. The van der Waals surface area contributed by atoms with Crippen LogP contribution in [0.5, 0.6) is 0 Å². The van der Waals surface area contributed by atoms with Gasteiger partial charge in [-0.15, -0.1) is 0 Å². The highest BCUT2D eigenvalue weighted by atomic mass is 15.3. The summed E-state index contributed by atoms with van der Waals surface area (Å²) in [4.78, 5) is 8.46. The molecule has 3 nitrogen and oxygen atoms in total. The number of hydrogen-bond donors (Lipinski definition) is 0. The molecule has 0 amide bonds. The minimum absolute atomic E-state index is 0.00728. The standard InChI is InChI=1S/C62H70BN3/c1-56(2,3)40-22-20-23-43(33-40)64-51-36-41(57(4,5)6)27-28-48(51)63-49-35-42(58(7,8)9)34-47-55(49)66(62(13)45-24-15-14-21-39(45)29-32-60(47,62)11)53-38-44(37-52(64)54(53)63)65-50-26-17-16-25-46(50)59(10)30-18-19-31-61(59,65)12/h14-17,20-28,33-38H,18-19,29-32H2,1-13H3. The molecule has 0 spiro atoms. The second-order valence-corrected chi connectivity index (χ2v) is 25.3. The van der Waals surface area contributed by atoms with Crippen molar-refractivity contribution in [2.75, 3.05) is 14.7 Å². The molecule has 2 aliphatic carbocycles. The topological polar surface area (TPSA) is 9.72 Å². The van der Waals surface area contributed by atoms with Gasteiger partial charge in [-0.1, -0.05) is 168 Å². The Bertz CT molecular complexity index is 3050. The van der Waals surface area contributed by atoms with Gasteiger partial charge in [0.2, 0.25) is 0 Å². The van der Waals surface area contributed by atoms with Gasteiger partial charge in [0.25, 0.3) is 6.71 Å². The lowest BCUT2D eigenvalue weighted by molar-refractivity contribution is 0.195. The predicted molar refractivity (Wildman–Crippen MR) is 283 cm³/mol. The third kappa shape index (κ3) is 5.28. The maximum atomic E-state index is 2.92. The summed E-state index contributed by atoms with van der Waals surface area (Å²) in [5.41, 5.74) is 23.3. The first kappa shape index (κ1) is 42.2. The number of fused-ring (bicyclic) bond motifs is 12. The van der Waals surface area contributed by atoms with Gasteiger partial charge in [0.15, 0.2) is 0 Å². The van der Waals surface area contributed by atoms with Crippen LogP contribution >= 0.6 is 0 Å². The normalized spacial score (nSPS) is 25.7. The van der Waals surface area contributed by atoms with Crippen LogP contribution in [-0.2, 0) is 39.0 Å². The van der Waals surface area contributed by atoms with Crippen LogP contribution in [0.15, 0.2) is 115 Å². The fraction of sp³-hybridized carbons (Fsp3) is 0.419. The molecule has 6 aromatic rings. The van der Waals surface area contributed by atoms with E-state index in [4.69, 9.17) is 0 Å². The summed E-state index contributed by atoms with van der Waals surface area (Å²) >= 11 is 0. The molecule has 4 heteroatoms. The van der Waals surface area contributed by atoms with Gasteiger partial charge in [-0.25, -0.2) is 0 Å². The van der Waals surface area contributed by atoms with E-state index in [1.54, 1.807) is 0 Å². The molecule has 0 N–H and O–H groups in total. The summed E-state index contributed by atoms with van der Waals surface area (Å²) < 4.78 is 0. The van der Waals surface area contributed by atoms with Gasteiger partial charge in [-0.3, -0.25) is 0 Å². The van der Waals surface area contributed by atoms with Crippen LogP contribution in [0, 0.1) is 0 Å². The molecule has 1 saturated carbocycles. The molecule has 4 aliphatic heterocycles. The summed E-state index contributed by atoms with van der Waals surface area (Å²) in [5.74, 6) is 0. The number of benzene rings is 6. The highest BCUT2D eigenvalue weighted by Crippen LogP contribution is 2.66. The molecule has 6 aromatic carbocycles. The van der Waals surface area contributed by atoms with E-state index in [0.717, 1.165) is 19.3 Å². The second kappa shape index (κ2) is 13.3. The average Bonchev–Trinajstić information content (AvgIpc) is 3.62. The Kier molecular flexibility index (Phi) is 8.48. The van der Waals surface area contributed by atoms with E-state index < -0.39 is 0 Å². The van der Waals surface area contributed by atoms with Crippen molar-refractivity contribution in [3.8, 4) is 0 Å².